The number of ether oxygens (including phenoxy) is 1. The van der Waals surface area contributed by atoms with E-state index in [1.54, 1.807) is 29.2 Å². The monoisotopic (exact) mass is 455 g/mol. The van der Waals surface area contributed by atoms with Crippen molar-refractivity contribution < 1.29 is 29.1 Å². The van der Waals surface area contributed by atoms with Crippen molar-refractivity contribution in [2.45, 2.75) is 44.9 Å². The average molecular weight is 456 g/mol. The van der Waals surface area contributed by atoms with E-state index in [0.717, 1.165) is 16.2 Å². The maximum absolute atomic E-state index is 12.3. The molecule has 0 radical (unpaired) electrons. The first-order chi connectivity index (χ1) is 15.8. The topological polar surface area (TPSA) is 122 Å². The summed E-state index contributed by atoms with van der Waals surface area (Å²) in [4.78, 5) is 43.9. The van der Waals surface area contributed by atoms with E-state index in [1.165, 1.54) is 6.92 Å². The number of anilines is 1. The molecule has 1 saturated heterocycles. The van der Waals surface area contributed by atoms with Crippen LogP contribution in [0.3, 0.4) is 0 Å². The highest BCUT2D eigenvalue weighted by atomic mass is 16.7. The second-order valence-corrected chi connectivity index (χ2v) is 7.98. The zero-order valence-electron chi connectivity index (χ0n) is 18.6. The third-order valence-corrected chi connectivity index (χ3v) is 5.46. The molecule has 0 aliphatic carbocycles. The summed E-state index contributed by atoms with van der Waals surface area (Å²) in [5.74, 6) is -1.66. The summed E-state index contributed by atoms with van der Waals surface area (Å²) >= 11 is 0. The number of carboxylic acid groups (broad SMARTS) is 1. The number of nitrogens with zero attached hydrogens (tertiary/aromatic N) is 2. The maximum atomic E-state index is 12.3. The molecule has 1 aliphatic heterocycles. The van der Waals surface area contributed by atoms with Gasteiger partial charge in [0.2, 0.25) is 5.91 Å². The minimum absolute atomic E-state index is 0.0832. The second-order valence-electron chi connectivity index (χ2n) is 7.98. The Hall–Kier alpha value is -3.59. The van der Waals surface area contributed by atoms with Gasteiger partial charge in [-0.1, -0.05) is 42.5 Å². The van der Waals surface area contributed by atoms with Gasteiger partial charge < -0.3 is 20.5 Å². The van der Waals surface area contributed by atoms with Crippen molar-refractivity contribution in [3.8, 4) is 0 Å². The molecule has 1 unspecified atom stereocenters. The Morgan fingerprint density at radius 1 is 1.06 bits per heavy atom. The number of likely N-dealkylation sites (tertiary alicyclic amines) is 1. The van der Waals surface area contributed by atoms with Gasteiger partial charge in [0.05, 0.1) is 6.10 Å². The molecule has 0 spiro atoms. The molecule has 2 amide bonds. The molecule has 3 rings (SSSR count). The minimum atomic E-state index is -1.18. The Balaban J connectivity index is 1.54. The molecule has 0 aromatic heterocycles. The predicted octanol–water partition coefficient (Wildman–Crippen LogP) is 2.85. The molecule has 1 heterocycles. The van der Waals surface area contributed by atoms with Gasteiger partial charge in [-0.2, -0.15) is 0 Å². The first-order valence-electron chi connectivity index (χ1n) is 10.8. The van der Waals surface area contributed by atoms with Gasteiger partial charge in [0.15, 0.2) is 6.04 Å². The lowest BCUT2D eigenvalue weighted by atomic mass is 10.1. The van der Waals surface area contributed by atoms with Gasteiger partial charge in [0.1, 0.15) is 6.61 Å². The van der Waals surface area contributed by atoms with E-state index in [0.29, 0.717) is 31.6 Å². The number of hydroxylamine groups is 2. The van der Waals surface area contributed by atoms with Gasteiger partial charge in [0, 0.05) is 32.1 Å². The van der Waals surface area contributed by atoms with Gasteiger partial charge in [-0.05, 0) is 36.1 Å². The molecule has 9 heteroatoms. The van der Waals surface area contributed by atoms with Crippen LogP contribution in [-0.4, -0.2) is 58.3 Å². The van der Waals surface area contributed by atoms with E-state index in [1.807, 2.05) is 30.3 Å². The number of amides is 2. The Bertz CT molecular complexity index is 942. The largest absolute Gasteiger partial charge is 0.480 e. The summed E-state index contributed by atoms with van der Waals surface area (Å²) in [7, 11) is 0. The summed E-state index contributed by atoms with van der Waals surface area (Å²) < 4.78 is 5.36. The molecule has 1 aliphatic rings. The molecule has 33 heavy (non-hydrogen) atoms. The molecule has 0 bridgehead atoms. The maximum Gasteiger partial charge on any atom is 0.410 e. The SMILES string of the molecule is CC(=O)N(OC1CCN(C(=O)OCc2ccccc2)CC1)C(Cc1ccc(N)cc1)C(=O)O. The lowest BCUT2D eigenvalue weighted by molar-refractivity contribution is -0.228. The first-order valence-corrected chi connectivity index (χ1v) is 10.8. The van der Waals surface area contributed by atoms with Crippen LogP contribution in [0.4, 0.5) is 10.5 Å². The number of hydrogen-bond acceptors (Lipinski definition) is 6. The molecule has 0 saturated carbocycles. The van der Waals surface area contributed by atoms with Crippen molar-refractivity contribution in [1.29, 1.82) is 0 Å². The highest BCUT2D eigenvalue weighted by molar-refractivity contribution is 5.81. The quantitative estimate of drug-likeness (QED) is 0.463. The van der Waals surface area contributed by atoms with Crippen LogP contribution in [0.15, 0.2) is 54.6 Å². The Morgan fingerprint density at radius 3 is 2.27 bits per heavy atom. The van der Waals surface area contributed by atoms with Crippen molar-refractivity contribution in [1.82, 2.24) is 9.96 Å². The third kappa shape index (κ3) is 6.95. The van der Waals surface area contributed by atoms with E-state index in [4.69, 9.17) is 15.3 Å². The number of carboxylic acids is 1. The number of benzene rings is 2. The van der Waals surface area contributed by atoms with Crippen LogP contribution in [0.5, 0.6) is 0 Å². The Morgan fingerprint density at radius 2 is 1.70 bits per heavy atom. The van der Waals surface area contributed by atoms with Crippen LogP contribution in [0.25, 0.3) is 0 Å². The minimum Gasteiger partial charge on any atom is -0.480 e. The molecule has 2 aromatic rings. The van der Waals surface area contributed by atoms with Crippen molar-refractivity contribution in [2.75, 3.05) is 18.8 Å². The van der Waals surface area contributed by atoms with Crippen molar-refractivity contribution in [3.63, 3.8) is 0 Å². The van der Waals surface area contributed by atoms with Crippen LogP contribution in [0.1, 0.15) is 30.9 Å². The van der Waals surface area contributed by atoms with Crippen LogP contribution in [0, 0.1) is 0 Å². The van der Waals surface area contributed by atoms with Crippen LogP contribution in [0.2, 0.25) is 0 Å². The number of carbonyl (C=O) groups is 3. The molecule has 2 aromatic carbocycles. The fourth-order valence-electron chi connectivity index (χ4n) is 3.63. The lowest BCUT2D eigenvalue weighted by Gasteiger charge is -2.35. The summed E-state index contributed by atoms with van der Waals surface area (Å²) in [6.07, 6.45) is 0.198. The van der Waals surface area contributed by atoms with Gasteiger partial charge in [-0.3, -0.25) is 9.63 Å². The number of aliphatic carboxylic acids is 1. The molecular weight excluding hydrogens is 426 g/mol. The highest BCUT2D eigenvalue weighted by Gasteiger charge is 2.33. The highest BCUT2D eigenvalue weighted by Crippen LogP contribution is 2.20. The fraction of sp³-hybridized carbons (Fsp3) is 0.375. The molecule has 3 N–H and O–H groups in total. The number of hydrogen-bond donors (Lipinski definition) is 2. The van der Waals surface area contributed by atoms with Crippen molar-refractivity contribution >= 4 is 23.7 Å². The first kappa shape index (κ1) is 24.1. The van der Waals surface area contributed by atoms with E-state index in [2.05, 4.69) is 0 Å². The standard InChI is InChI=1S/C24H29N3O6/c1-17(28)27(22(23(29)30)15-18-7-9-20(25)10-8-18)33-21-11-13-26(14-12-21)24(31)32-16-19-5-3-2-4-6-19/h2-10,21-22H,11-16,25H2,1H3,(H,29,30). The molecule has 1 atom stereocenters. The Labute approximate surface area is 192 Å². The fourth-order valence-corrected chi connectivity index (χ4v) is 3.63. The average Bonchev–Trinajstić information content (AvgIpc) is 2.81. The van der Waals surface area contributed by atoms with Crippen molar-refractivity contribution in [2.24, 2.45) is 0 Å². The zero-order valence-corrected chi connectivity index (χ0v) is 18.6. The molecule has 9 nitrogen and oxygen atoms in total. The number of nitrogens with two attached hydrogens (primary N) is 1. The summed E-state index contributed by atoms with van der Waals surface area (Å²) in [6.45, 7) is 2.24. The smallest absolute Gasteiger partial charge is 0.410 e. The predicted molar refractivity (Wildman–Crippen MR) is 121 cm³/mol. The Kier molecular flexibility index (Phi) is 8.26. The summed E-state index contributed by atoms with van der Waals surface area (Å²) in [6, 6.07) is 15.0. The van der Waals surface area contributed by atoms with Crippen LogP contribution < -0.4 is 5.73 Å². The summed E-state index contributed by atoms with van der Waals surface area (Å²) in [5.41, 5.74) is 7.89. The van der Waals surface area contributed by atoms with E-state index in [-0.39, 0.29) is 19.1 Å². The molecule has 1 fully saturated rings. The van der Waals surface area contributed by atoms with E-state index < -0.39 is 24.0 Å². The van der Waals surface area contributed by atoms with E-state index in [9.17, 15) is 19.5 Å². The number of piperidine rings is 1. The zero-order chi connectivity index (χ0) is 23.8. The van der Waals surface area contributed by atoms with Crippen molar-refractivity contribution in [3.05, 3.63) is 65.7 Å². The number of nitrogen functional groups attached to an aromatic ring is 1. The molecule has 176 valence electrons. The third-order valence-electron chi connectivity index (χ3n) is 5.46. The lowest BCUT2D eigenvalue weighted by Crippen LogP contribution is -2.49. The normalized spacial score (nSPS) is 15.0. The van der Waals surface area contributed by atoms with Gasteiger partial charge in [0.25, 0.3) is 0 Å². The van der Waals surface area contributed by atoms with Crippen LogP contribution >= 0.6 is 0 Å². The van der Waals surface area contributed by atoms with Gasteiger partial charge in [-0.15, -0.1) is 0 Å². The van der Waals surface area contributed by atoms with E-state index >= 15 is 0 Å². The number of carbonyl (C=O) groups excluding carboxylic acids is 2. The van der Waals surface area contributed by atoms with Gasteiger partial charge >= 0.3 is 12.1 Å². The summed E-state index contributed by atoms with van der Waals surface area (Å²) in [5, 5.41) is 10.7. The second kappa shape index (κ2) is 11.3. The molecular formula is C24H29N3O6. The van der Waals surface area contributed by atoms with Gasteiger partial charge in [-0.25, -0.2) is 14.7 Å². The number of rotatable bonds is 8. The van der Waals surface area contributed by atoms with Crippen LogP contribution in [-0.2, 0) is 32.2 Å².